The fourth-order valence-electron chi connectivity index (χ4n) is 7.66. The molecule has 0 N–H and O–H groups in total. The van der Waals surface area contributed by atoms with Gasteiger partial charge in [0.05, 0.1) is 28.5 Å². The van der Waals surface area contributed by atoms with Crippen LogP contribution in [-0.4, -0.2) is 11.5 Å². The maximum atomic E-state index is 6.34. The van der Waals surface area contributed by atoms with Gasteiger partial charge in [-0.1, -0.05) is 105 Å². The molecule has 4 aliphatic rings. The third-order valence-electron chi connectivity index (χ3n) is 10.4. The van der Waals surface area contributed by atoms with E-state index < -0.39 is 0 Å². The predicted molar refractivity (Wildman–Crippen MR) is 230 cm³/mol. The Bertz CT molecular complexity index is 2530. The number of amidine groups is 1. The second-order valence-electron chi connectivity index (χ2n) is 13.9. The molecule has 0 saturated carbocycles. The van der Waals surface area contributed by atoms with Crippen molar-refractivity contribution in [1.29, 1.82) is 0 Å². The average molecular weight is 731 g/mol. The van der Waals surface area contributed by atoms with Gasteiger partial charge < -0.3 is 19.3 Å². The number of nitrogens with zero attached hydrogens (tertiary/aromatic N) is 4. The van der Waals surface area contributed by atoms with Gasteiger partial charge in [-0.25, -0.2) is 4.99 Å². The zero-order chi connectivity index (χ0) is 38.2. The smallest absolute Gasteiger partial charge is 0.156 e. The lowest BCUT2D eigenvalue weighted by Crippen LogP contribution is -2.25. The summed E-state index contributed by atoms with van der Waals surface area (Å²) in [7, 11) is 0. The fourth-order valence-corrected chi connectivity index (χ4v) is 7.66. The van der Waals surface area contributed by atoms with Crippen molar-refractivity contribution in [3.63, 3.8) is 0 Å². The molecule has 1 atom stereocenters. The summed E-state index contributed by atoms with van der Waals surface area (Å²) in [5, 5.41) is 0. The molecule has 3 heterocycles. The second-order valence-corrected chi connectivity index (χ2v) is 13.9. The van der Waals surface area contributed by atoms with Crippen molar-refractivity contribution in [2.24, 2.45) is 9.98 Å². The topological polar surface area (TPSA) is 49.7 Å². The van der Waals surface area contributed by atoms with Crippen LogP contribution in [0.15, 0.2) is 191 Å². The number of ether oxygens (including phenoxy) is 2. The van der Waals surface area contributed by atoms with Gasteiger partial charge >= 0.3 is 0 Å². The highest BCUT2D eigenvalue weighted by Gasteiger charge is 2.30. The number of para-hydroxylation sites is 6. The summed E-state index contributed by atoms with van der Waals surface area (Å²) in [6, 6.07) is 49.9. The van der Waals surface area contributed by atoms with E-state index in [4.69, 9.17) is 19.5 Å². The van der Waals surface area contributed by atoms with Gasteiger partial charge in [-0.15, -0.1) is 0 Å². The van der Waals surface area contributed by atoms with E-state index in [2.05, 4.69) is 133 Å². The van der Waals surface area contributed by atoms with Crippen molar-refractivity contribution in [2.75, 3.05) is 9.80 Å². The highest BCUT2D eigenvalue weighted by atomic mass is 16.5. The van der Waals surface area contributed by atoms with Crippen LogP contribution in [0.1, 0.15) is 55.0 Å². The minimum atomic E-state index is -0.321. The monoisotopic (exact) mass is 730 g/mol. The van der Waals surface area contributed by atoms with Gasteiger partial charge in [0.2, 0.25) is 0 Å². The molecule has 0 radical (unpaired) electrons. The Morgan fingerprint density at radius 3 is 1.79 bits per heavy atom. The van der Waals surface area contributed by atoms with Crippen LogP contribution in [0.4, 0.5) is 28.4 Å². The van der Waals surface area contributed by atoms with Crippen LogP contribution in [0.5, 0.6) is 17.2 Å². The first-order chi connectivity index (χ1) is 27.6. The third kappa shape index (κ3) is 6.19. The van der Waals surface area contributed by atoms with Crippen molar-refractivity contribution in [1.82, 2.24) is 0 Å². The zero-order valence-electron chi connectivity index (χ0n) is 31.8. The predicted octanol–water partition coefficient (Wildman–Crippen LogP) is 13.2. The number of anilines is 5. The molecule has 0 aromatic heterocycles. The van der Waals surface area contributed by atoms with Crippen LogP contribution in [0.25, 0.3) is 0 Å². The van der Waals surface area contributed by atoms with Crippen LogP contribution >= 0.6 is 0 Å². The molecule has 3 aliphatic heterocycles. The highest BCUT2D eigenvalue weighted by molar-refractivity contribution is 6.21. The van der Waals surface area contributed by atoms with E-state index in [-0.39, 0.29) is 6.04 Å². The lowest BCUT2D eigenvalue weighted by molar-refractivity contribution is 0.388. The van der Waals surface area contributed by atoms with Gasteiger partial charge in [0.25, 0.3) is 0 Å². The summed E-state index contributed by atoms with van der Waals surface area (Å²) in [5.74, 6) is 4.19. The van der Waals surface area contributed by atoms with Crippen LogP contribution in [0.3, 0.4) is 0 Å². The molecule has 6 nitrogen and oxygen atoms in total. The van der Waals surface area contributed by atoms with Crippen molar-refractivity contribution in [3.8, 4) is 17.2 Å². The average Bonchev–Trinajstić information content (AvgIpc) is 3.26. The molecule has 6 heteroatoms. The Labute approximate surface area is 328 Å². The fraction of sp³-hybridized carbons (Fsp3) is 0.120. The normalized spacial score (nSPS) is 16.5. The van der Waals surface area contributed by atoms with Gasteiger partial charge in [-0.05, 0) is 97.8 Å². The SMILES string of the molecule is C=C1C(c2ccc(C)cc2)=NC(c2ccc(N3C4=C(CCC=C4)Oc4ccccc43)cc2)=NC1c1ccc(N2c3ccccc3Oc3ccccc32)cc1.CC. The number of benzene rings is 6. The number of hydrogen-bond donors (Lipinski definition) is 0. The summed E-state index contributed by atoms with van der Waals surface area (Å²) in [4.78, 5) is 15.0. The Hall–Kier alpha value is -6.92. The van der Waals surface area contributed by atoms with Gasteiger partial charge in [-0.2, -0.15) is 0 Å². The van der Waals surface area contributed by atoms with Gasteiger partial charge in [0.15, 0.2) is 23.1 Å². The summed E-state index contributed by atoms with van der Waals surface area (Å²) >= 11 is 0. The maximum Gasteiger partial charge on any atom is 0.156 e. The minimum Gasteiger partial charge on any atom is -0.457 e. The van der Waals surface area contributed by atoms with Gasteiger partial charge in [-0.3, -0.25) is 4.99 Å². The first-order valence-electron chi connectivity index (χ1n) is 19.3. The van der Waals surface area contributed by atoms with E-state index in [0.717, 1.165) is 98.0 Å². The Morgan fingerprint density at radius 1 is 0.607 bits per heavy atom. The van der Waals surface area contributed by atoms with Crippen LogP contribution in [0.2, 0.25) is 0 Å². The third-order valence-corrected chi connectivity index (χ3v) is 10.4. The number of aliphatic imine (C=N–C) groups is 2. The summed E-state index contributed by atoms with van der Waals surface area (Å²) < 4.78 is 12.6. The molecule has 6 aromatic carbocycles. The van der Waals surface area contributed by atoms with Crippen molar-refractivity contribution in [3.05, 3.63) is 204 Å². The largest absolute Gasteiger partial charge is 0.457 e. The van der Waals surface area contributed by atoms with E-state index in [1.54, 1.807) is 0 Å². The summed E-state index contributed by atoms with van der Waals surface area (Å²) in [5.41, 5.74) is 12.1. The van der Waals surface area contributed by atoms with Crippen LogP contribution in [-0.2, 0) is 0 Å². The Balaban J connectivity index is 0.00000202. The lowest BCUT2D eigenvalue weighted by Gasteiger charge is -2.35. The van der Waals surface area contributed by atoms with E-state index in [1.807, 2.05) is 62.4 Å². The first-order valence-corrected chi connectivity index (χ1v) is 19.3. The molecule has 274 valence electrons. The Morgan fingerprint density at radius 2 is 1.14 bits per heavy atom. The molecule has 10 rings (SSSR count). The van der Waals surface area contributed by atoms with E-state index >= 15 is 0 Å². The molecule has 6 aromatic rings. The van der Waals surface area contributed by atoms with Crippen molar-refractivity contribution >= 4 is 40.0 Å². The highest BCUT2D eigenvalue weighted by Crippen LogP contribution is 2.50. The summed E-state index contributed by atoms with van der Waals surface area (Å²) in [6.07, 6.45) is 6.23. The molecule has 0 fully saturated rings. The quantitative estimate of drug-likeness (QED) is 0.177. The molecule has 0 saturated heterocycles. The van der Waals surface area contributed by atoms with Crippen molar-refractivity contribution in [2.45, 2.75) is 39.7 Å². The maximum absolute atomic E-state index is 6.34. The summed E-state index contributed by atoms with van der Waals surface area (Å²) in [6.45, 7) is 10.7. The number of hydrogen-bond acceptors (Lipinski definition) is 6. The number of allylic oxidation sites excluding steroid dienone is 3. The molecule has 0 bridgehead atoms. The molecular weight excluding hydrogens is 689 g/mol. The molecule has 0 amide bonds. The molecule has 0 spiro atoms. The van der Waals surface area contributed by atoms with Crippen LogP contribution in [0, 0.1) is 6.92 Å². The first kappa shape index (κ1) is 34.8. The minimum absolute atomic E-state index is 0.321. The molecule has 56 heavy (non-hydrogen) atoms. The number of aryl methyl sites for hydroxylation is 1. The lowest BCUT2D eigenvalue weighted by atomic mass is 9.91. The van der Waals surface area contributed by atoms with E-state index in [1.165, 1.54) is 5.56 Å². The standard InChI is InChI=1S/C48H36N4O2.C2H6/c1-31-19-21-33(22-20-31)46-32(2)47(34-23-27-36(28-24-34)51-38-11-3-7-15-42(38)53-43-16-8-4-12-39(43)51)50-48(49-46)35-25-29-37(30-26-35)52-40-13-5-9-17-44(40)54-45-18-10-6-14-41(45)52;1-2/h3-9,11-17,19-30,47H,2,10,18H2,1H3;1-2H3. The van der Waals surface area contributed by atoms with Gasteiger partial charge in [0.1, 0.15) is 11.8 Å². The molecule has 1 unspecified atom stereocenters. The van der Waals surface area contributed by atoms with Crippen LogP contribution < -0.4 is 19.3 Å². The second kappa shape index (κ2) is 14.7. The zero-order valence-corrected chi connectivity index (χ0v) is 31.8. The molecule has 1 aliphatic carbocycles. The van der Waals surface area contributed by atoms with Gasteiger partial charge in [0, 0.05) is 34.5 Å². The Kier molecular flexibility index (Phi) is 9.16. The van der Waals surface area contributed by atoms with Crippen molar-refractivity contribution < 1.29 is 9.47 Å². The molecular formula is C50H42N4O2. The van der Waals surface area contributed by atoms with E-state index in [9.17, 15) is 0 Å². The van der Waals surface area contributed by atoms with E-state index in [0.29, 0.717) is 5.84 Å². The number of fused-ring (bicyclic) bond motifs is 3. The number of rotatable bonds is 5.